The second-order valence-corrected chi connectivity index (χ2v) is 7.01. The van der Waals surface area contributed by atoms with Crippen LogP contribution >= 0.6 is 23.4 Å². The lowest BCUT2D eigenvalue weighted by Gasteiger charge is -2.10. The van der Waals surface area contributed by atoms with Crippen LogP contribution < -0.4 is 10.6 Å². The van der Waals surface area contributed by atoms with E-state index in [4.69, 9.17) is 11.6 Å². The summed E-state index contributed by atoms with van der Waals surface area (Å²) in [5.41, 5.74) is 2.19. The van der Waals surface area contributed by atoms with Crippen molar-refractivity contribution in [1.29, 1.82) is 0 Å². The molecule has 27 heavy (non-hydrogen) atoms. The van der Waals surface area contributed by atoms with Gasteiger partial charge in [0.15, 0.2) is 0 Å². The fraction of sp³-hybridized carbons (Fsp3) is 0.211. The molecule has 2 N–H and O–H groups in total. The topological polar surface area (TPSA) is 84.5 Å². The number of para-hydroxylation sites is 1. The summed E-state index contributed by atoms with van der Waals surface area (Å²) in [7, 11) is 1.28. The third-order valence-corrected chi connectivity index (χ3v) is 4.70. The maximum Gasteiger partial charge on any atom is 0.339 e. The van der Waals surface area contributed by atoms with Crippen LogP contribution in [-0.4, -0.2) is 36.4 Å². The fourth-order valence-electron chi connectivity index (χ4n) is 2.26. The van der Waals surface area contributed by atoms with Gasteiger partial charge in [0, 0.05) is 10.7 Å². The van der Waals surface area contributed by atoms with E-state index in [9.17, 15) is 14.4 Å². The number of thioether (sulfide) groups is 1. The highest BCUT2D eigenvalue weighted by Gasteiger charge is 2.14. The number of carbonyl (C=O) groups excluding carboxylic acids is 3. The predicted octanol–water partition coefficient (Wildman–Crippen LogP) is 3.75. The number of benzene rings is 2. The molecule has 2 aromatic carbocycles. The second kappa shape index (κ2) is 9.99. The van der Waals surface area contributed by atoms with Gasteiger partial charge in [-0.3, -0.25) is 9.59 Å². The molecule has 8 heteroatoms. The van der Waals surface area contributed by atoms with Crippen molar-refractivity contribution in [2.45, 2.75) is 6.92 Å². The van der Waals surface area contributed by atoms with E-state index in [1.165, 1.54) is 18.9 Å². The molecule has 0 radical (unpaired) electrons. The number of hydrogen-bond donors (Lipinski definition) is 2. The van der Waals surface area contributed by atoms with E-state index in [1.54, 1.807) is 42.5 Å². The van der Waals surface area contributed by atoms with E-state index in [0.29, 0.717) is 16.4 Å². The predicted molar refractivity (Wildman–Crippen MR) is 109 cm³/mol. The third-order valence-electron chi connectivity index (χ3n) is 3.54. The molecule has 0 saturated carbocycles. The number of ether oxygens (including phenoxy) is 1. The Morgan fingerprint density at radius 2 is 1.63 bits per heavy atom. The summed E-state index contributed by atoms with van der Waals surface area (Å²) in [5, 5.41) is 6.04. The lowest BCUT2D eigenvalue weighted by Crippen LogP contribution is -2.20. The molecule has 2 rings (SSSR count). The summed E-state index contributed by atoms with van der Waals surface area (Å²) in [6.45, 7) is 1.85. The van der Waals surface area contributed by atoms with Gasteiger partial charge >= 0.3 is 5.97 Å². The van der Waals surface area contributed by atoms with Crippen molar-refractivity contribution >= 4 is 52.5 Å². The Morgan fingerprint density at radius 1 is 1.00 bits per heavy atom. The number of halogens is 1. The van der Waals surface area contributed by atoms with Gasteiger partial charge < -0.3 is 15.4 Å². The molecule has 2 aromatic rings. The number of hydrogen-bond acceptors (Lipinski definition) is 5. The van der Waals surface area contributed by atoms with Crippen LogP contribution in [0.1, 0.15) is 15.9 Å². The summed E-state index contributed by atoms with van der Waals surface area (Å²) in [6, 6.07) is 11.8. The molecule has 0 aliphatic rings. The molecule has 2 amide bonds. The standard InChI is InChI=1S/C19H19ClN2O4S/c1-12-9-13(20)7-8-15(12)21-17(23)10-27-11-18(24)22-16-6-4-3-5-14(16)19(25)26-2/h3-9H,10-11H2,1-2H3,(H,21,23)(H,22,24). The van der Waals surface area contributed by atoms with Crippen molar-refractivity contribution in [2.24, 2.45) is 0 Å². The van der Waals surface area contributed by atoms with Crippen molar-refractivity contribution in [3.8, 4) is 0 Å². The molecule has 0 unspecified atom stereocenters. The number of carbonyl (C=O) groups is 3. The maximum atomic E-state index is 12.1. The van der Waals surface area contributed by atoms with Crippen LogP contribution in [0.5, 0.6) is 0 Å². The zero-order valence-electron chi connectivity index (χ0n) is 14.9. The Balaban J connectivity index is 1.82. The highest BCUT2D eigenvalue weighted by Crippen LogP contribution is 2.20. The summed E-state index contributed by atoms with van der Waals surface area (Å²) in [4.78, 5) is 35.8. The number of amides is 2. The van der Waals surface area contributed by atoms with E-state index in [0.717, 1.165) is 5.56 Å². The van der Waals surface area contributed by atoms with Gasteiger partial charge in [-0.1, -0.05) is 23.7 Å². The molecule has 0 aliphatic heterocycles. The first-order valence-electron chi connectivity index (χ1n) is 8.01. The maximum absolute atomic E-state index is 12.1. The highest BCUT2D eigenvalue weighted by molar-refractivity contribution is 8.00. The summed E-state index contributed by atoms with van der Waals surface area (Å²) in [6.07, 6.45) is 0. The second-order valence-electron chi connectivity index (χ2n) is 5.59. The van der Waals surface area contributed by atoms with Crippen LogP contribution in [0.4, 0.5) is 11.4 Å². The summed E-state index contributed by atoms with van der Waals surface area (Å²) in [5.74, 6) is -0.868. The van der Waals surface area contributed by atoms with Gasteiger partial charge in [0.25, 0.3) is 0 Å². The van der Waals surface area contributed by atoms with Crippen molar-refractivity contribution < 1.29 is 19.1 Å². The third kappa shape index (κ3) is 6.30. The van der Waals surface area contributed by atoms with Gasteiger partial charge in [-0.25, -0.2) is 4.79 Å². The van der Waals surface area contributed by atoms with Crippen LogP contribution in [0.25, 0.3) is 0 Å². The first kappa shape index (κ1) is 20.8. The van der Waals surface area contributed by atoms with Crippen molar-refractivity contribution in [1.82, 2.24) is 0 Å². The minimum Gasteiger partial charge on any atom is -0.465 e. The fourth-order valence-corrected chi connectivity index (χ4v) is 3.10. The Morgan fingerprint density at radius 3 is 2.26 bits per heavy atom. The smallest absolute Gasteiger partial charge is 0.339 e. The van der Waals surface area contributed by atoms with E-state index in [1.807, 2.05) is 6.92 Å². The largest absolute Gasteiger partial charge is 0.465 e. The van der Waals surface area contributed by atoms with E-state index < -0.39 is 5.97 Å². The lowest BCUT2D eigenvalue weighted by molar-refractivity contribution is -0.114. The Labute approximate surface area is 166 Å². The quantitative estimate of drug-likeness (QED) is 0.684. The number of anilines is 2. The summed E-state index contributed by atoms with van der Waals surface area (Å²) >= 11 is 7.06. The monoisotopic (exact) mass is 406 g/mol. The Bertz CT molecular complexity index is 857. The van der Waals surface area contributed by atoms with Crippen LogP contribution in [0.15, 0.2) is 42.5 Å². The number of esters is 1. The van der Waals surface area contributed by atoms with Gasteiger partial charge in [0.1, 0.15) is 0 Å². The Hall–Kier alpha value is -2.51. The average Bonchev–Trinajstić information content (AvgIpc) is 2.64. The molecule has 142 valence electrons. The van der Waals surface area contributed by atoms with Crippen molar-refractivity contribution in [3.63, 3.8) is 0 Å². The minimum atomic E-state index is -0.531. The molecule has 0 spiro atoms. The molecule has 0 atom stereocenters. The normalized spacial score (nSPS) is 10.2. The number of methoxy groups -OCH3 is 1. The van der Waals surface area contributed by atoms with Crippen LogP contribution in [0.3, 0.4) is 0 Å². The zero-order chi connectivity index (χ0) is 19.8. The molecule has 0 saturated heterocycles. The Kier molecular flexibility index (Phi) is 7.69. The average molecular weight is 407 g/mol. The van der Waals surface area contributed by atoms with Crippen molar-refractivity contribution in [2.75, 3.05) is 29.2 Å². The molecule has 0 aliphatic carbocycles. The van der Waals surface area contributed by atoms with Crippen LogP contribution in [0, 0.1) is 6.92 Å². The first-order chi connectivity index (χ1) is 12.9. The van der Waals surface area contributed by atoms with Crippen LogP contribution in [-0.2, 0) is 14.3 Å². The van der Waals surface area contributed by atoms with E-state index in [-0.39, 0.29) is 28.9 Å². The van der Waals surface area contributed by atoms with Gasteiger partial charge in [-0.15, -0.1) is 11.8 Å². The van der Waals surface area contributed by atoms with Crippen molar-refractivity contribution in [3.05, 3.63) is 58.6 Å². The van der Waals surface area contributed by atoms with Gasteiger partial charge in [0.2, 0.25) is 11.8 Å². The van der Waals surface area contributed by atoms with E-state index in [2.05, 4.69) is 15.4 Å². The van der Waals surface area contributed by atoms with Crippen LogP contribution in [0.2, 0.25) is 5.02 Å². The van der Waals surface area contributed by atoms with Gasteiger partial charge in [0.05, 0.1) is 29.9 Å². The summed E-state index contributed by atoms with van der Waals surface area (Å²) < 4.78 is 4.69. The zero-order valence-corrected chi connectivity index (χ0v) is 16.4. The molecule has 0 bridgehead atoms. The van der Waals surface area contributed by atoms with Gasteiger partial charge in [-0.05, 0) is 42.8 Å². The molecule has 0 aromatic heterocycles. The molecule has 0 heterocycles. The van der Waals surface area contributed by atoms with Gasteiger partial charge in [-0.2, -0.15) is 0 Å². The molecule has 6 nitrogen and oxygen atoms in total. The lowest BCUT2D eigenvalue weighted by atomic mass is 10.2. The molecule has 0 fully saturated rings. The SMILES string of the molecule is COC(=O)c1ccccc1NC(=O)CSCC(=O)Nc1ccc(Cl)cc1C. The molecular weight excluding hydrogens is 388 g/mol. The number of aryl methyl sites for hydroxylation is 1. The minimum absolute atomic E-state index is 0.0720. The number of rotatable bonds is 7. The van der Waals surface area contributed by atoms with E-state index >= 15 is 0 Å². The number of nitrogens with one attached hydrogen (secondary N) is 2. The molecular formula is C19H19ClN2O4S. The highest BCUT2D eigenvalue weighted by atomic mass is 35.5. The first-order valence-corrected chi connectivity index (χ1v) is 9.55.